The monoisotopic (exact) mass is 1290 g/mol. The van der Waals surface area contributed by atoms with Crippen LogP contribution in [0, 0.1) is 41.4 Å². The number of carbonyl (C=O) groups is 11. The fourth-order valence-electron chi connectivity index (χ4n) is 11.2. The van der Waals surface area contributed by atoms with Gasteiger partial charge in [-0.1, -0.05) is 109 Å². The third-order valence-corrected chi connectivity index (χ3v) is 18.7. The maximum absolute atomic E-state index is 16.0. The van der Waals surface area contributed by atoms with Crippen LogP contribution >= 0.6 is 11.8 Å². The molecule has 0 saturated carbocycles. The average Bonchev–Trinajstić information content (AvgIpc) is 0.960. The van der Waals surface area contributed by atoms with Crippen molar-refractivity contribution in [2.24, 2.45) is 41.4 Å². The van der Waals surface area contributed by atoms with Gasteiger partial charge in [0.25, 0.3) is 5.91 Å². The zero-order valence-corrected chi connectivity index (χ0v) is 60.0. The standard InChI is InChI=1S/C65H117N11O13S/c1-26-28-29-43(15)54(78)53-58(82)68-46(27-2)60(84)70(18)36-51(77)71(19)47(32-37(3)4)57(81)69-52(41(11)12)63(87)72(20)48(33-38(5)6)56(80)66-44(16)55(79)67-45(17)59(83)73(21)49(34-39(7)8)61(85)74(22)50(35-40(9)10)62(86)76(24)65(42(13)14,64(88)75(53)23)90-31-30-89-25/h26,28,37-50,52-54,78H,27,29-36H2,1-25H3,(H,66,80)(H,67,79)(H,68,82)(H,69,81)/b28-26+/t43-,44+,45-,46+,47+,48+,49+,50+,52+,53+,54-,65+/m1/s1. The molecule has 90 heavy (non-hydrogen) atoms. The van der Waals surface area contributed by atoms with Crippen molar-refractivity contribution in [3.05, 3.63) is 12.2 Å². The van der Waals surface area contributed by atoms with E-state index in [1.165, 1.54) is 94.8 Å². The molecule has 5 N–H and O–H groups in total. The van der Waals surface area contributed by atoms with E-state index in [1.807, 2.05) is 61.5 Å². The molecule has 25 heteroatoms. The lowest BCUT2D eigenvalue weighted by Crippen LogP contribution is -2.68. The van der Waals surface area contributed by atoms with Gasteiger partial charge in [0.1, 0.15) is 54.4 Å². The smallest absolute Gasteiger partial charge is 0.259 e. The van der Waals surface area contributed by atoms with Crippen LogP contribution in [0.4, 0.5) is 0 Å². The van der Waals surface area contributed by atoms with Gasteiger partial charge in [0.15, 0.2) is 4.87 Å². The molecular weight excluding hydrogens is 1170 g/mol. The van der Waals surface area contributed by atoms with Gasteiger partial charge < -0.3 is 65.4 Å². The molecule has 1 aliphatic rings. The molecule has 1 fully saturated rings. The first-order valence-corrected chi connectivity index (χ1v) is 33.1. The van der Waals surface area contributed by atoms with Crippen molar-refractivity contribution in [2.75, 3.05) is 75.3 Å². The molecule has 1 saturated heterocycles. The molecule has 0 unspecified atom stereocenters. The van der Waals surface area contributed by atoms with Crippen LogP contribution in [0.15, 0.2) is 12.2 Å². The van der Waals surface area contributed by atoms with Crippen LogP contribution in [-0.2, 0) is 57.5 Å². The number of methoxy groups -OCH3 is 1. The minimum atomic E-state index is -1.85. The largest absolute Gasteiger partial charge is 0.390 e. The Balaban J connectivity index is 4.53. The van der Waals surface area contributed by atoms with Crippen LogP contribution in [0.2, 0.25) is 0 Å². The molecule has 12 atom stereocenters. The number of hydrogen-bond donors (Lipinski definition) is 5. The molecule has 1 aliphatic heterocycles. The second-order valence-electron chi connectivity index (χ2n) is 27.0. The minimum Gasteiger partial charge on any atom is -0.390 e. The van der Waals surface area contributed by atoms with E-state index < -0.39 is 155 Å². The molecule has 1 rings (SSSR count). The van der Waals surface area contributed by atoms with E-state index in [-0.39, 0.29) is 74.6 Å². The van der Waals surface area contributed by atoms with Crippen LogP contribution in [-0.4, -0.2) is 245 Å². The van der Waals surface area contributed by atoms with Gasteiger partial charge in [-0.3, -0.25) is 52.7 Å². The minimum absolute atomic E-state index is 0.00321. The molecule has 11 amide bonds. The number of aliphatic hydroxyl groups excluding tert-OH is 1. The number of allylic oxidation sites excluding steroid dienone is 2. The number of carbonyl (C=O) groups excluding carboxylic acids is 11. The van der Waals surface area contributed by atoms with Crippen molar-refractivity contribution >= 4 is 76.7 Å². The number of amides is 11. The Labute approximate surface area is 543 Å². The predicted molar refractivity (Wildman–Crippen MR) is 352 cm³/mol. The van der Waals surface area contributed by atoms with Crippen LogP contribution in [0.25, 0.3) is 0 Å². The zero-order valence-electron chi connectivity index (χ0n) is 59.2. The summed E-state index contributed by atoms with van der Waals surface area (Å²) in [6, 6.07) is -11.3. The highest BCUT2D eigenvalue weighted by molar-refractivity contribution is 8.01. The lowest BCUT2D eigenvalue weighted by atomic mass is 9.91. The number of likely N-dealkylation sites (N-methyl/N-ethyl adjacent to an activating group) is 7. The Kier molecular flexibility index (Phi) is 34.4. The Hall–Kier alpha value is -5.82. The number of thioether (sulfide) groups is 1. The van der Waals surface area contributed by atoms with E-state index in [0.717, 1.165) is 21.6 Å². The van der Waals surface area contributed by atoms with E-state index >= 15 is 19.2 Å². The van der Waals surface area contributed by atoms with Crippen LogP contribution in [0.3, 0.4) is 0 Å². The zero-order chi connectivity index (χ0) is 69.7. The number of aliphatic hydroxyl groups is 1. The van der Waals surface area contributed by atoms with Gasteiger partial charge in [-0.15, -0.1) is 11.8 Å². The summed E-state index contributed by atoms with van der Waals surface area (Å²) in [5, 5.41) is 23.4. The molecule has 1 heterocycles. The van der Waals surface area contributed by atoms with Crippen LogP contribution in [0.1, 0.15) is 156 Å². The summed E-state index contributed by atoms with van der Waals surface area (Å²) in [6.07, 6.45) is 2.88. The SMILES string of the molecule is C/C=C/C[C@@H](C)[C@@H](O)[C@H]1C(=O)N[C@@H](CC)C(=O)N(C)CC(=O)N(C)[C@@H](CC(C)C)C(=O)N[C@@H](C(C)C)C(=O)N(C)[C@@H](CC(C)C)C(=O)N[C@@H](C)C(=O)N[C@H](C)C(=O)N(C)[C@@H](CC(C)C)C(=O)N(C)[C@@H](CC(C)C)C(=O)N(C)[C@](SCCOC)(C(C)C)C(=O)N1C. The third-order valence-electron chi connectivity index (χ3n) is 16.9. The van der Waals surface area contributed by atoms with Crippen molar-refractivity contribution in [1.29, 1.82) is 0 Å². The Morgan fingerprint density at radius 2 is 1.02 bits per heavy atom. The van der Waals surface area contributed by atoms with Crippen molar-refractivity contribution in [1.82, 2.24) is 55.6 Å². The van der Waals surface area contributed by atoms with Gasteiger partial charge in [0.05, 0.1) is 19.3 Å². The summed E-state index contributed by atoms with van der Waals surface area (Å²) in [4.78, 5) is 170. The van der Waals surface area contributed by atoms with Crippen molar-refractivity contribution < 1.29 is 62.6 Å². The molecule has 0 spiro atoms. The molecular formula is C65H117N11O13S. The summed E-state index contributed by atoms with van der Waals surface area (Å²) in [5.41, 5.74) is 0. The molecule has 24 nitrogen and oxygen atoms in total. The molecule has 516 valence electrons. The number of hydrogen-bond acceptors (Lipinski definition) is 14. The summed E-state index contributed by atoms with van der Waals surface area (Å²) in [7, 11) is 11.4. The lowest BCUT2D eigenvalue weighted by Gasteiger charge is -2.48. The first kappa shape index (κ1) is 82.2. The second-order valence-corrected chi connectivity index (χ2v) is 28.3. The highest BCUT2D eigenvalue weighted by atomic mass is 32.2. The Morgan fingerprint density at radius 1 is 0.567 bits per heavy atom. The maximum atomic E-state index is 16.0. The number of rotatable bonds is 19. The van der Waals surface area contributed by atoms with Gasteiger partial charge in [0, 0.05) is 62.2 Å². The maximum Gasteiger partial charge on any atom is 0.259 e. The molecule has 0 aromatic carbocycles. The van der Waals surface area contributed by atoms with E-state index in [9.17, 15) is 38.7 Å². The van der Waals surface area contributed by atoms with Crippen LogP contribution in [0.5, 0.6) is 0 Å². The van der Waals surface area contributed by atoms with E-state index in [1.54, 1.807) is 54.5 Å². The first-order valence-electron chi connectivity index (χ1n) is 32.1. The van der Waals surface area contributed by atoms with E-state index in [0.29, 0.717) is 0 Å². The molecule has 0 aliphatic carbocycles. The van der Waals surface area contributed by atoms with Crippen molar-refractivity contribution in [3.63, 3.8) is 0 Å². The number of nitrogens with zero attached hydrogens (tertiary/aromatic N) is 7. The molecule has 0 aromatic rings. The van der Waals surface area contributed by atoms with Gasteiger partial charge in [-0.25, -0.2) is 0 Å². The van der Waals surface area contributed by atoms with Crippen LogP contribution < -0.4 is 21.3 Å². The van der Waals surface area contributed by atoms with Gasteiger partial charge in [-0.2, -0.15) is 0 Å². The molecule has 0 bridgehead atoms. The van der Waals surface area contributed by atoms with Crippen molar-refractivity contribution in [3.8, 4) is 0 Å². The highest BCUT2D eigenvalue weighted by Gasteiger charge is 2.54. The van der Waals surface area contributed by atoms with E-state index in [4.69, 9.17) is 4.74 Å². The fraction of sp³-hybridized carbons (Fsp3) is 0.800. The predicted octanol–water partition coefficient (Wildman–Crippen LogP) is 3.98. The summed E-state index contributed by atoms with van der Waals surface area (Å²) >= 11 is 1.09. The van der Waals surface area contributed by atoms with Gasteiger partial charge in [-0.05, 0) is 101 Å². The normalized spacial score (nSPS) is 26.9. The van der Waals surface area contributed by atoms with Gasteiger partial charge >= 0.3 is 0 Å². The van der Waals surface area contributed by atoms with Gasteiger partial charge in [0.2, 0.25) is 59.1 Å². The summed E-state index contributed by atoms with van der Waals surface area (Å²) in [5.74, 6) is -9.96. The number of ether oxygens (including phenoxy) is 1. The second kappa shape index (κ2) is 37.6. The third kappa shape index (κ3) is 22.2. The lowest BCUT2D eigenvalue weighted by molar-refractivity contribution is -0.159. The highest BCUT2D eigenvalue weighted by Crippen LogP contribution is 2.40. The first-order chi connectivity index (χ1) is 41.6. The Morgan fingerprint density at radius 3 is 1.49 bits per heavy atom. The topological polar surface area (TPSA) is 288 Å². The summed E-state index contributed by atoms with van der Waals surface area (Å²) < 4.78 is 5.47. The molecule has 0 aromatic heterocycles. The fourth-order valence-corrected chi connectivity index (χ4v) is 12.7. The number of nitrogens with one attached hydrogen (secondary N) is 4. The average molecular weight is 1290 g/mol. The summed E-state index contributed by atoms with van der Waals surface area (Å²) in [6.45, 7) is 29.5. The van der Waals surface area contributed by atoms with E-state index in [2.05, 4.69) is 21.3 Å². The molecule has 0 radical (unpaired) electrons. The van der Waals surface area contributed by atoms with Crippen molar-refractivity contribution in [2.45, 2.75) is 222 Å². The quantitative estimate of drug-likeness (QED) is 0.0904. The Bertz CT molecular complexity index is 2460.